The molecule has 1 atom stereocenters. The molecule has 4 heteroatoms. The van der Waals surface area contributed by atoms with Gasteiger partial charge in [0, 0.05) is 18.2 Å². The van der Waals surface area contributed by atoms with Gasteiger partial charge in [-0.2, -0.15) is 0 Å². The predicted molar refractivity (Wildman–Crippen MR) is 80.4 cm³/mol. The molecular formula is C15H18ClN3. The summed E-state index contributed by atoms with van der Waals surface area (Å²) in [5.74, 6) is 2.04. The number of halogens is 1. The summed E-state index contributed by atoms with van der Waals surface area (Å²) in [5.41, 5.74) is 0.969. The van der Waals surface area contributed by atoms with E-state index in [1.54, 1.807) is 6.07 Å². The van der Waals surface area contributed by atoms with Crippen LogP contribution in [0.15, 0.2) is 36.4 Å². The molecule has 0 saturated carbocycles. The van der Waals surface area contributed by atoms with Crippen LogP contribution in [0.3, 0.4) is 0 Å². The largest absolute Gasteiger partial charge is 0.370 e. The van der Waals surface area contributed by atoms with Crippen molar-refractivity contribution in [3.8, 4) is 11.4 Å². The Morgan fingerprint density at radius 1 is 1.21 bits per heavy atom. The second-order valence-electron chi connectivity index (χ2n) is 4.66. The van der Waals surface area contributed by atoms with Crippen molar-refractivity contribution in [2.45, 2.75) is 20.3 Å². The summed E-state index contributed by atoms with van der Waals surface area (Å²) in [5, 5.41) is 3.77. The predicted octanol–water partition coefficient (Wildman–Crippen LogP) is 4.26. The molecule has 0 radical (unpaired) electrons. The fourth-order valence-corrected chi connectivity index (χ4v) is 1.83. The fraction of sp³-hybridized carbons (Fsp3) is 0.333. The lowest BCUT2D eigenvalue weighted by atomic mass is 10.1. The number of nitrogens with zero attached hydrogens (tertiary/aromatic N) is 2. The van der Waals surface area contributed by atoms with Crippen molar-refractivity contribution in [2.24, 2.45) is 5.92 Å². The fourth-order valence-electron chi connectivity index (χ4n) is 1.65. The maximum atomic E-state index is 6.06. The van der Waals surface area contributed by atoms with Crippen molar-refractivity contribution >= 4 is 17.4 Å². The first-order valence-electron chi connectivity index (χ1n) is 6.53. The van der Waals surface area contributed by atoms with E-state index in [-0.39, 0.29) is 0 Å². The van der Waals surface area contributed by atoms with Crippen molar-refractivity contribution in [1.82, 2.24) is 9.97 Å². The Morgan fingerprint density at radius 2 is 1.95 bits per heavy atom. The molecule has 2 rings (SSSR count). The maximum absolute atomic E-state index is 6.06. The minimum Gasteiger partial charge on any atom is -0.370 e. The number of hydrogen-bond acceptors (Lipinski definition) is 3. The standard InChI is InChI=1S/C15H18ClN3/c1-3-11(2)10-17-14-9-13(16)18-15(19-14)12-7-5-4-6-8-12/h4-9,11H,3,10H2,1-2H3,(H,17,18,19). The average molecular weight is 276 g/mol. The molecule has 3 nitrogen and oxygen atoms in total. The highest BCUT2D eigenvalue weighted by molar-refractivity contribution is 6.29. The van der Waals surface area contributed by atoms with Gasteiger partial charge < -0.3 is 5.32 Å². The summed E-state index contributed by atoms with van der Waals surface area (Å²) in [6.07, 6.45) is 1.14. The van der Waals surface area contributed by atoms with Gasteiger partial charge in [0.2, 0.25) is 0 Å². The van der Waals surface area contributed by atoms with Crippen LogP contribution in [0.5, 0.6) is 0 Å². The second kappa shape index (κ2) is 6.53. The SMILES string of the molecule is CCC(C)CNc1cc(Cl)nc(-c2ccccc2)n1. The molecule has 1 N–H and O–H groups in total. The first-order valence-corrected chi connectivity index (χ1v) is 6.90. The molecule has 0 fully saturated rings. The highest BCUT2D eigenvalue weighted by Crippen LogP contribution is 2.20. The summed E-state index contributed by atoms with van der Waals surface area (Å²) >= 11 is 6.06. The zero-order chi connectivity index (χ0) is 13.7. The van der Waals surface area contributed by atoms with Crippen LogP contribution in [0.1, 0.15) is 20.3 Å². The summed E-state index contributed by atoms with van der Waals surface area (Å²) in [7, 11) is 0. The average Bonchev–Trinajstić information content (AvgIpc) is 2.45. The lowest BCUT2D eigenvalue weighted by Gasteiger charge is -2.11. The number of nitrogens with one attached hydrogen (secondary N) is 1. The second-order valence-corrected chi connectivity index (χ2v) is 5.05. The minimum absolute atomic E-state index is 0.459. The van der Waals surface area contributed by atoms with Gasteiger partial charge in [0.25, 0.3) is 0 Å². The van der Waals surface area contributed by atoms with E-state index >= 15 is 0 Å². The van der Waals surface area contributed by atoms with Crippen LogP contribution in [-0.4, -0.2) is 16.5 Å². The molecule has 1 aromatic heterocycles. The molecule has 0 aliphatic carbocycles. The van der Waals surface area contributed by atoms with Crippen LogP contribution in [0, 0.1) is 5.92 Å². The van der Waals surface area contributed by atoms with Crippen LogP contribution in [0.25, 0.3) is 11.4 Å². The van der Waals surface area contributed by atoms with E-state index in [1.807, 2.05) is 30.3 Å². The Labute approximate surface area is 119 Å². The highest BCUT2D eigenvalue weighted by atomic mass is 35.5. The van der Waals surface area contributed by atoms with Gasteiger partial charge in [0.1, 0.15) is 11.0 Å². The first kappa shape index (κ1) is 13.8. The molecule has 0 aliphatic heterocycles. The first-order chi connectivity index (χ1) is 9.19. The van der Waals surface area contributed by atoms with Crippen molar-refractivity contribution in [2.75, 3.05) is 11.9 Å². The Balaban J connectivity index is 2.20. The van der Waals surface area contributed by atoms with E-state index in [9.17, 15) is 0 Å². The Morgan fingerprint density at radius 3 is 2.63 bits per heavy atom. The third kappa shape index (κ3) is 3.93. The topological polar surface area (TPSA) is 37.8 Å². The molecule has 0 amide bonds. The summed E-state index contributed by atoms with van der Waals surface area (Å²) in [6, 6.07) is 11.6. The van der Waals surface area contributed by atoms with Crippen LogP contribution >= 0.6 is 11.6 Å². The number of rotatable bonds is 5. The van der Waals surface area contributed by atoms with Gasteiger partial charge in [-0.05, 0) is 5.92 Å². The smallest absolute Gasteiger partial charge is 0.163 e. The van der Waals surface area contributed by atoms with Gasteiger partial charge >= 0.3 is 0 Å². The van der Waals surface area contributed by atoms with Crippen LogP contribution in [-0.2, 0) is 0 Å². The van der Waals surface area contributed by atoms with Crippen LogP contribution in [0.4, 0.5) is 5.82 Å². The molecule has 19 heavy (non-hydrogen) atoms. The normalized spacial score (nSPS) is 12.2. The summed E-state index contributed by atoms with van der Waals surface area (Å²) in [6.45, 7) is 5.26. The summed E-state index contributed by atoms with van der Waals surface area (Å²) < 4.78 is 0. The van der Waals surface area contributed by atoms with Gasteiger partial charge in [-0.15, -0.1) is 0 Å². The zero-order valence-electron chi connectivity index (χ0n) is 11.2. The Hall–Kier alpha value is -1.61. The molecular weight excluding hydrogens is 258 g/mol. The number of benzene rings is 1. The molecule has 0 spiro atoms. The molecule has 1 unspecified atom stereocenters. The van der Waals surface area contributed by atoms with E-state index < -0.39 is 0 Å². The molecule has 1 aromatic carbocycles. The lowest BCUT2D eigenvalue weighted by Crippen LogP contribution is -2.11. The van der Waals surface area contributed by atoms with E-state index in [1.165, 1.54) is 0 Å². The van der Waals surface area contributed by atoms with Gasteiger partial charge in [-0.25, -0.2) is 9.97 Å². The number of aromatic nitrogens is 2. The Bertz CT molecular complexity index is 528. The molecule has 1 heterocycles. The highest BCUT2D eigenvalue weighted by Gasteiger charge is 2.06. The van der Waals surface area contributed by atoms with Crippen molar-refractivity contribution in [3.63, 3.8) is 0 Å². The number of hydrogen-bond donors (Lipinski definition) is 1. The molecule has 0 bridgehead atoms. The van der Waals surface area contributed by atoms with E-state index in [2.05, 4.69) is 29.1 Å². The number of anilines is 1. The third-order valence-corrected chi connectivity index (χ3v) is 3.25. The van der Waals surface area contributed by atoms with E-state index in [0.717, 1.165) is 24.3 Å². The molecule has 100 valence electrons. The van der Waals surface area contributed by atoms with Crippen molar-refractivity contribution in [3.05, 3.63) is 41.6 Å². The quantitative estimate of drug-likeness (QED) is 0.829. The van der Waals surface area contributed by atoms with Crippen LogP contribution < -0.4 is 5.32 Å². The van der Waals surface area contributed by atoms with Gasteiger partial charge in [0.05, 0.1) is 0 Å². The molecule has 0 aliphatic rings. The monoisotopic (exact) mass is 275 g/mol. The third-order valence-electron chi connectivity index (χ3n) is 3.06. The van der Waals surface area contributed by atoms with Crippen LogP contribution in [0.2, 0.25) is 5.15 Å². The minimum atomic E-state index is 0.459. The van der Waals surface area contributed by atoms with E-state index in [0.29, 0.717) is 16.9 Å². The van der Waals surface area contributed by atoms with Crippen molar-refractivity contribution < 1.29 is 0 Å². The van der Waals surface area contributed by atoms with Gasteiger partial charge in [-0.3, -0.25) is 0 Å². The van der Waals surface area contributed by atoms with E-state index in [4.69, 9.17) is 11.6 Å². The van der Waals surface area contributed by atoms with Gasteiger partial charge in [0.15, 0.2) is 5.82 Å². The van der Waals surface area contributed by atoms with Gasteiger partial charge in [-0.1, -0.05) is 62.2 Å². The molecule has 0 saturated heterocycles. The summed E-state index contributed by atoms with van der Waals surface area (Å²) in [4.78, 5) is 8.77. The molecule has 2 aromatic rings. The maximum Gasteiger partial charge on any atom is 0.163 e. The Kier molecular flexibility index (Phi) is 4.74. The van der Waals surface area contributed by atoms with Crippen molar-refractivity contribution in [1.29, 1.82) is 0 Å². The zero-order valence-corrected chi connectivity index (χ0v) is 12.0. The lowest BCUT2D eigenvalue weighted by molar-refractivity contribution is 0.592.